The molecule has 0 aliphatic carbocycles. The van der Waals surface area contributed by atoms with Crippen molar-refractivity contribution in [3.8, 4) is 11.4 Å². The first kappa shape index (κ1) is 10.1. The third-order valence-corrected chi connectivity index (χ3v) is 2.43. The van der Waals surface area contributed by atoms with Crippen LogP contribution >= 0.6 is 11.6 Å². The minimum absolute atomic E-state index is 0.704. The molecule has 0 amide bonds. The quantitative estimate of drug-likeness (QED) is 0.773. The number of nitrogens with zero attached hydrogens (tertiary/aromatic N) is 2. The van der Waals surface area contributed by atoms with Crippen molar-refractivity contribution in [2.24, 2.45) is 0 Å². The molecule has 0 atom stereocenters. The minimum atomic E-state index is 0.704. The Morgan fingerprint density at radius 1 is 1.20 bits per heavy atom. The van der Waals surface area contributed by atoms with Crippen LogP contribution in [-0.4, -0.2) is 9.97 Å². The molecule has 15 heavy (non-hydrogen) atoms. The number of aryl methyl sites for hydroxylation is 1. The number of aromatic nitrogens is 2. The van der Waals surface area contributed by atoms with Gasteiger partial charge in [0.05, 0.1) is 0 Å². The van der Waals surface area contributed by atoms with Gasteiger partial charge in [0, 0.05) is 23.0 Å². The van der Waals surface area contributed by atoms with Crippen molar-refractivity contribution in [3.63, 3.8) is 0 Å². The normalized spacial score (nSPS) is 10.3. The highest BCUT2D eigenvalue weighted by molar-refractivity contribution is 6.30. The van der Waals surface area contributed by atoms with Crippen molar-refractivity contribution in [1.82, 2.24) is 9.97 Å². The van der Waals surface area contributed by atoms with Gasteiger partial charge in [-0.15, -0.1) is 0 Å². The summed E-state index contributed by atoms with van der Waals surface area (Å²) in [6.45, 7) is 2.08. The van der Waals surface area contributed by atoms with Gasteiger partial charge in [-0.25, -0.2) is 9.97 Å². The van der Waals surface area contributed by atoms with E-state index in [1.807, 2.05) is 36.7 Å². The molecular weight excluding hydrogens is 208 g/mol. The SMILES string of the molecule is CCc1cnc(-c2cccc(Cl)c2)nc1. The monoisotopic (exact) mass is 218 g/mol. The van der Waals surface area contributed by atoms with Crippen LogP contribution in [-0.2, 0) is 6.42 Å². The van der Waals surface area contributed by atoms with Gasteiger partial charge in [0.1, 0.15) is 0 Å². The van der Waals surface area contributed by atoms with Crippen LogP contribution in [0.25, 0.3) is 11.4 Å². The molecule has 0 aliphatic rings. The predicted molar refractivity (Wildman–Crippen MR) is 61.9 cm³/mol. The summed E-state index contributed by atoms with van der Waals surface area (Å²) < 4.78 is 0. The van der Waals surface area contributed by atoms with Crippen molar-refractivity contribution in [2.75, 3.05) is 0 Å². The summed E-state index contributed by atoms with van der Waals surface area (Å²) in [5, 5.41) is 0.704. The summed E-state index contributed by atoms with van der Waals surface area (Å²) in [6.07, 6.45) is 4.66. The summed E-state index contributed by atoms with van der Waals surface area (Å²) in [6, 6.07) is 7.55. The molecule has 0 bridgehead atoms. The van der Waals surface area contributed by atoms with Gasteiger partial charge in [-0.05, 0) is 24.1 Å². The van der Waals surface area contributed by atoms with Gasteiger partial charge >= 0.3 is 0 Å². The minimum Gasteiger partial charge on any atom is -0.236 e. The van der Waals surface area contributed by atoms with Gasteiger partial charge in [-0.1, -0.05) is 30.7 Å². The lowest BCUT2D eigenvalue weighted by Gasteiger charge is -2.01. The molecule has 0 N–H and O–H groups in total. The maximum absolute atomic E-state index is 5.90. The highest BCUT2D eigenvalue weighted by Gasteiger charge is 2.00. The highest BCUT2D eigenvalue weighted by atomic mass is 35.5. The summed E-state index contributed by atoms with van der Waals surface area (Å²) in [7, 11) is 0. The largest absolute Gasteiger partial charge is 0.236 e. The number of halogens is 1. The lowest BCUT2D eigenvalue weighted by atomic mass is 10.2. The Hall–Kier alpha value is -1.41. The summed E-state index contributed by atoms with van der Waals surface area (Å²) in [5.41, 5.74) is 2.09. The molecule has 1 heterocycles. The molecule has 2 rings (SSSR count). The van der Waals surface area contributed by atoms with Gasteiger partial charge < -0.3 is 0 Å². The Labute approximate surface area is 94.0 Å². The van der Waals surface area contributed by atoms with E-state index in [1.165, 1.54) is 0 Å². The lowest BCUT2D eigenvalue weighted by molar-refractivity contribution is 1.05. The van der Waals surface area contributed by atoms with Gasteiger partial charge in [0.25, 0.3) is 0 Å². The van der Waals surface area contributed by atoms with E-state index < -0.39 is 0 Å². The third kappa shape index (κ3) is 2.34. The topological polar surface area (TPSA) is 25.8 Å². The van der Waals surface area contributed by atoms with E-state index in [4.69, 9.17) is 11.6 Å². The van der Waals surface area contributed by atoms with Crippen molar-refractivity contribution in [1.29, 1.82) is 0 Å². The highest BCUT2D eigenvalue weighted by Crippen LogP contribution is 2.18. The first-order valence-corrected chi connectivity index (χ1v) is 5.24. The molecular formula is C12H11ClN2. The maximum Gasteiger partial charge on any atom is 0.159 e. The molecule has 0 fully saturated rings. The Balaban J connectivity index is 2.37. The fraction of sp³-hybridized carbons (Fsp3) is 0.167. The molecule has 1 aromatic carbocycles. The second kappa shape index (κ2) is 4.41. The second-order valence-corrected chi connectivity index (χ2v) is 3.72. The van der Waals surface area contributed by atoms with Gasteiger partial charge in [0.2, 0.25) is 0 Å². The first-order valence-electron chi connectivity index (χ1n) is 4.86. The van der Waals surface area contributed by atoms with E-state index in [-0.39, 0.29) is 0 Å². The zero-order valence-electron chi connectivity index (χ0n) is 8.44. The smallest absolute Gasteiger partial charge is 0.159 e. The second-order valence-electron chi connectivity index (χ2n) is 3.28. The molecule has 0 aliphatic heterocycles. The van der Waals surface area contributed by atoms with Crippen LogP contribution in [0.1, 0.15) is 12.5 Å². The van der Waals surface area contributed by atoms with E-state index >= 15 is 0 Å². The van der Waals surface area contributed by atoms with E-state index in [0.29, 0.717) is 5.02 Å². The molecule has 0 saturated heterocycles. The summed E-state index contributed by atoms with van der Waals surface area (Å²) >= 11 is 5.90. The Morgan fingerprint density at radius 2 is 1.93 bits per heavy atom. The maximum atomic E-state index is 5.90. The first-order chi connectivity index (χ1) is 7.29. The Kier molecular flexibility index (Phi) is 2.97. The number of hydrogen-bond donors (Lipinski definition) is 0. The summed E-state index contributed by atoms with van der Waals surface area (Å²) in [4.78, 5) is 8.58. The number of benzene rings is 1. The van der Waals surface area contributed by atoms with E-state index in [2.05, 4.69) is 16.9 Å². The van der Waals surface area contributed by atoms with Crippen LogP contribution < -0.4 is 0 Å². The molecule has 0 radical (unpaired) electrons. The van der Waals surface area contributed by atoms with Crippen molar-refractivity contribution in [2.45, 2.75) is 13.3 Å². The van der Waals surface area contributed by atoms with E-state index in [1.54, 1.807) is 0 Å². The average molecular weight is 219 g/mol. The molecule has 2 aromatic rings. The Bertz CT molecular complexity index is 451. The molecule has 2 nitrogen and oxygen atoms in total. The van der Waals surface area contributed by atoms with Crippen LogP contribution in [0.2, 0.25) is 5.02 Å². The molecule has 76 valence electrons. The average Bonchev–Trinajstić information content (AvgIpc) is 2.29. The standard InChI is InChI=1S/C12H11ClN2/c1-2-9-7-14-12(15-8-9)10-4-3-5-11(13)6-10/h3-8H,2H2,1H3. The molecule has 0 unspecified atom stereocenters. The van der Waals surface area contributed by atoms with Gasteiger partial charge in [-0.3, -0.25) is 0 Å². The van der Waals surface area contributed by atoms with Crippen molar-refractivity contribution in [3.05, 3.63) is 47.2 Å². The zero-order chi connectivity index (χ0) is 10.7. The van der Waals surface area contributed by atoms with Crippen LogP contribution in [0.4, 0.5) is 0 Å². The molecule has 0 spiro atoms. The number of rotatable bonds is 2. The molecule has 1 aromatic heterocycles. The van der Waals surface area contributed by atoms with E-state index in [9.17, 15) is 0 Å². The fourth-order valence-corrected chi connectivity index (χ4v) is 1.50. The van der Waals surface area contributed by atoms with Crippen LogP contribution in [0.3, 0.4) is 0 Å². The predicted octanol–water partition coefficient (Wildman–Crippen LogP) is 3.36. The number of hydrogen-bond acceptors (Lipinski definition) is 2. The van der Waals surface area contributed by atoms with Gasteiger partial charge in [-0.2, -0.15) is 0 Å². The van der Waals surface area contributed by atoms with Crippen LogP contribution in [0.5, 0.6) is 0 Å². The van der Waals surface area contributed by atoms with Crippen LogP contribution in [0.15, 0.2) is 36.7 Å². The zero-order valence-corrected chi connectivity index (χ0v) is 9.20. The molecule has 0 saturated carbocycles. The van der Waals surface area contributed by atoms with Crippen LogP contribution in [0, 0.1) is 0 Å². The lowest BCUT2D eigenvalue weighted by Crippen LogP contribution is -1.90. The van der Waals surface area contributed by atoms with Gasteiger partial charge in [0.15, 0.2) is 5.82 Å². The van der Waals surface area contributed by atoms with E-state index in [0.717, 1.165) is 23.4 Å². The third-order valence-electron chi connectivity index (χ3n) is 2.20. The van der Waals surface area contributed by atoms with Crippen molar-refractivity contribution >= 4 is 11.6 Å². The molecule has 3 heteroatoms. The summed E-state index contributed by atoms with van der Waals surface area (Å²) in [5.74, 6) is 0.717. The van der Waals surface area contributed by atoms with Crippen molar-refractivity contribution < 1.29 is 0 Å². The fourth-order valence-electron chi connectivity index (χ4n) is 1.31. The Morgan fingerprint density at radius 3 is 2.53 bits per heavy atom.